The number of nitrogens with zero attached hydrogens (tertiary/aromatic N) is 5. The van der Waals surface area contributed by atoms with Crippen molar-refractivity contribution in [3.05, 3.63) is 81.2 Å². The van der Waals surface area contributed by atoms with Crippen LogP contribution in [0.1, 0.15) is 28.4 Å². The highest BCUT2D eigenvalue weighted by atomic mass is 16.5. The third-order valence-corrected chi connectivity index (χ3v) is 5.50. The number of fused-ring (bicyclic) bond motifs is 1. The Morgan fingerprint density at radius 3 is 2.55 bits per heavy atom. The topological polar surface area (TPSA) is 94.0 Å². The molecule has 5 rings (SSSR count). The second kappa shape index (κ2) is 7.09. The summed E-state index contributed by atoms with van der Waals surface area (Å²) in [6, 6.07) is 13.4. The summed E-state index contributed by atoms with van der Waals surface area (Å²) in [5.74, 6) is 0.679. The molecule has 8 heteroatoms. The molecule has 0 atom stereocenters. The van der Waals surface area contributed by atoms with Crippen molar-refractivity contribution in [2.24, 2.45) is 0 Å². The van der Waals surface area contributed by atoms with Crippen molar-refractivity contribution in [1.82, 2.24) is 29.5 Å². The predicted molar refractivity (Wildman–Crippen MR) is 117 cm³/mol. The molecule has 0 aliphatic rings. The van der Waals surface area contributed by atoms with Crippen LogP contribution in [-0.4, -0.2) is 29.5 Å². The number of hydrogen-bond acceptors (Lipinski definition) is 5. The van der Waals surface area contributed by atoms with Crippen LogP contribution in [0, 0.1) is 27.7 Å². The maximum atomic E-state index is 12.9. The summed E-state index contributed by atoms with van der Waals surface area (Å²) in [6.07, 6.45) is 0. The summed E-state index contributed by atoms with van der Waals surface area (Å²) in [7, 11) is 0. The molecule has 31 heavy (non-hydrogen) atoms. The zero-order valence-electron chi connectivity index (χ0n) is 17.8. The third-order valence-electron chi connectivity index (χ3n) is 5.50. The summed E-state index contributed by atoms with van der Waals surface area (Å²) >= 11 is 0. The number of nitrogens with one attached hydrogen (secondary N) is 1. The number of rotatable bonds is 4. The van der Waals surface area contributed by atoms with Gasteiger partial charge in [0.1, 0.15) is 17.1 Å². The van der Waals surface area contributed by atoms with Gasteiger partial charge in [0.2, 0.25) is 0 Å². The molecule has 0 aliphatic heterocycles. The second-order valence-electron chi connectivity index (χ2n) is 7.77. The highest BCUT2D eigenvalue weighted by molar-refractivity contribution is 5.81. The average Bonchev–Trinajstić information content (AvgIpc) is 3.38. The lowest BCUT2D eigenvalue weighted by Crippen LogP contribution is -2.15. The lowest BCUT2D eigenvalue weighted by Gasteiger charge is -2.06. The van der Waals surface area contributed by atoms with E-state index in [9.17, 15) is 4.79 Å². The molecule has 0 bridgehead atoms. The van der Waals surface area contributed by atoms with Gasteiger partial charge >= 0.3 is 0 Å². The van der Waals surface area contributed by atoms with Crippen molar-refractivity contribution in [3.63, 3.8) is 0 Å². The standard InChI is InChI=1S/C23H22N6O2/c1-13-10-14(2)28(25-13)12-18-16(4)31-27-22(18)19-11-20(30)29-23(24-19)21(15(3)26-29)17-8-6-5-7-9-17/h5-11,26H,12H2,1-4H3. The van der Waals surface area contributed by atoms with Crippen molar-refractivity contribution < 1.29 is 4.52 Å². The largest absolute Gasteiger partial charge is 0.361 e. The van der Waals surface area contributed by atoms with E-state index >= 15 is 0 Å². The van der Waals surface area contributed by atoms with E-state index in [1.165, 1.54) is 10.6 Å². The summed E-state index contributed by atoms with van der Waals surface area (Å²) in [6.45, 7) is 8.25. The lowest BCUT2D eigenvalue weighted by molar-refractivity contribution is 0.397. The van der Waals surface area contributed by atoms with E-state index in [0.717, 1.165) is 33.8 Å². The highest BCUT2D eigenvalue weighted by Crippen LogP contribution is 2.29. The van der Waals surface area contributed by atoms with E-state index in [-0.39, 0.29) is 5.56 Å². The first-order valence-electron chi connectivity index (χ1n) is 10.1. The quantitative estimate of drug-likeness (QED) is 0.482. The first-order valence-corrected chi connectivity index (χ1v) is 10.1. The van der Waals surface area contributed by atoms with Crippen molar-refractivity contribution in [2.45, 2.75) is 34.2 Å². The van der Waals surface area contributed by atoms with Crippen LogP contribution in [0.15, 0.2) is 51.8 Å². The van der Waals surface area contributed by atoms with Crippen LogP contribution in [0.4, 0.5) is 0 Å². The first-order chi connectivity index (χ1) is 14.9. The molecule has 0 amide bonds. The maximum absolute atomic E-state index is 12.9. The van der Waals surface area contributed by atoms with Gasteiger partial charge in [0.25, 0.3) is 5.56 Å². The Balaban J connectivity index is 1.69. The van der Waals surface area contributed by atoms with Crippen molar-refractivity contribution in [1.29, 1.82) is 0 Å². The lowest BCUT2D eigenvalue weighted by atomic mass is 10.1. The molecular weight excluding hydrogens is 392 g/mol. The average molecular weight is 414 g/mol. The van der Waals surface area contributed by atoms with Gasteiger partial charge in [0.15, 0.2) is 5.65 Å². The fourth-order valence-corrected chi connectivity index (χ4v) is 3.98. The smallest absolute Gasteiger partial charge is 0.273 e. The number of aromatic nitrogens is 6. The zero-order valence-corrected chi connectivity index (χ0v) is 17.8. The molecule has 1 N–H and O–H groups in total. The molecule has 0 unspecified atom stereocenters. The number of aryl methyl sites for hydroxylation is 4. The van der Waals surface area contributed by atoms with Crippen molar-refractivity contribution >= 4 is 5.65 Å². The van der Waals surface area contributed by atoms with Crippen LogP contribution in [0.3, 0.4) is 0 Å². The Morgan fingerprint density at radius 2 is 1.84 bits per heavy atom. The summed E-state index contributed by atoms with van der Waals surface area (Å²) < 4.78 is 8.86. The number of H-pyrrole nitrogens is 1. The van der Waals surface area contributed by atoms with E-state index in [1.54, 1.807) is 0 Å². The predicted octanol–water partition coefficient (Wildman–Crippen LogP) is 3.82. The Labute approximate surface area is 178 Å². The van der Waals surface area contributed by atoms with E-state index in [1.807, 2.05) is 68.8 Å². The molecule has 0 saturated carbocycles. The van der Waals surface area contributed by atoms with Crippen molar-refractivity contribution in [3.8, 4) is 22.5 Å². The van der Waals surface area contributed by atoms with E-state index in [2.05, 4.69) is 15.4 Å². The van der Waals surface area contributed by atoms with Crippen LogP contribution in [0.25, 0.3) is 28.2 Å². The molecule has 0 saturated heterocycles. The van der Waals surface area contributed by atoms with Crippen LogP contribution >= 0.6 is 0 Å². The molecule has 4 heterocycles. The minimum atomic E-state index is -0.206. The van der Waals surface area contributed by atoms with E-state index < -0.39 is 0 Å². The number of hydrogen-bond donors (Lipinski definition) is 1. The summed E-state index contributed by atoms with van der Waals surface area (Å²) in [5.41, 5.74) is 6.98. The Morgan fingerprint density at radius 1 is 1.06 bits per heavy atom. The summed E-state index contributed by atoms with van der Waals surface area (Å²) in [4.78, 5) is 17.7. The zero-order chi connectivity index (χ0) is 21.7. The third kappa shape index (κ3) is 3.16. The normalized spacial score (nSPS) is 11.5. The van der Waals surface area contributed by atoms with Gasteiger partial charge in [-0.2, -0.15) is 5.10 Å². The van der Waals surface area contributed by atoms with Gasteiger partial charge in [0, 0.05) is 28.6 Å². The van der Waals surface area contributed by atoms with Gasteiger partial charge in [-0.3, -0.25) is 14.6 Å². The van der Waals surface area contributed by atoms with Gasteiger partial charge in [-0.1, -0.05) is 35.5 Å². The first kappa shape index (κ1) is 19.0. The minimum absolute atomic E-state index is 0.206. The summed E-state index contributed by atoms with van der Waals surface area (Å²) in [5, 5.41) is 11.9. The Kier molecular flexibility index (Phi) is 4.35. The number of aromatic amines is 1. The fraction of sp³-hybridized carbons (Fsp3) is 0.217. The van der Waals surface area contributed by atoms with Crippen molar-refractivity contribution in [2.75, 3.05) is 0 Å². The molecule has 0 radical (unpaired) electrons. The molecule has 1 aromatic carbocycles. The molecule has 0 aliphatic carbocycles. The van der Waals surface area contributed by atoms with Gasteiger partial charge in [-0.15, -0.1) is 0 Å². The van der Waals surface area contributed by atoms with Gasteiger partial charge in [0.05, 0.1) is 12.2 Å². The highest BCUT2D eigenvalue weighted by Gasteiger charge is 2.21. The Bertz CT molecular complexity index is 1470. The van der Waals surface area contributed by atoms with E-state index in [4.69, 9.17) is 9.51 Å². The van der Waals surface area contributed by atoms with Crippen LogP contribution in [-0.2, 0) is 6.54 Å². The van der Waals surface area contributed by atoms with E-state index in [0.29, 0.717) is 29.3 Å². The second-order valence-corrected chi connectivity index (χ2v) is 7.77. The minimum Gasteiger partial charge on any atom is -0.361 e. The van der Waals surface area contributed by atoms with Gasteiger partial charge < -0.3 is 4.52 Å². The van der Waals surface area contributed by atoms with Gasteiger partial charge in [-0.25, -0.2) is 9.50 Å². The molecule has 156 valence electrons. The monoisotopic (exact) mass is 414 g/mol. The molecule has 0 spiro atoms. The number of benzene rings is 1. The molecular formula is C23H22N6O2. The van der Waals surface area contributed by atoms with Crippen LogP contribution < -0.4 is 5.56 Å². The van der Waals surface area contributed by atoms with Gasteiger partial charge in [-0.05, 0) is 39.3 Å². The Hall–Kier alpha value is -3.94. The molecule has 4 aromatic heterocycles. The maximum Gasteiger partial charge on any atom is 0.273 e. The fourth-order valence-electron chi connectivity index (χ4n) is 3.98. The van der Waals surface area contributed by atoms with Crippen LogP contribution in [0.2, 0.25) is 0 Å². The molecule has 0 fully saturated rings. The van der Waals surface area contributed by atoms with Crippen LogP contribution in [0.5, 0.6) is 0 Å². The SMILES string of the molecule is Cc1cc(C)n(Cc2c(-c3cc(=O)n4[nH]c(C)c(-c5ccccc5)c4n3)noc2C)n1. The molecule has 5 aromatic rings. The molecule has 8 nitrogen and oxygen atoms in total.